The van der Waals surface area contributed by atoms with Crippen molar-refractivity contribution in [2.45, 2.75) is 16.7 Å². The number of hydrogen-bond acceptors (Lipinski definition) is 4. The van der Waals surface area contributed by atoms with Crippen LogP contribution in [-0.4, -0.2) is 39.2 Å². The largest absolute Gasteiger partial charge is 0.383 e. The van der Waals surface area contributed by atoms with Gasteiger partial charge >= 0.3 is 0 Å². The van der Waals surface area contributed by atoms with Crippen molar-refractivity contribution in [1.29, 1.82) is 0 Å². The zero-order chi connectivity index (χ0) is 12.7. The summed E-state index contributed by atoms with van der Waals surface area (Å²) in [5, 5.41) is -0.544. The number of benzene rings is 1. The van der Waals surface area contributed by atoms with Crippen LogP contribution in [0.15, 0.2) is 30.3 Å². The van der Waals surface area contributed by atoms with E-state index < -0.39 is 20.6 Å². The second kappa shape index (κ2) is 4.08. The molecule has 0 unspecified atom stereocenters. The lowest BCUT2D eigenvalue weighted by Gasteiger charge is -2.09. The lowest BCUT2D eigenvalue weighted by molar-refractivity contribution is 0.171. The predicted octanol–water partition coefficient (Wildman–Crippen LogP) is 0.541. The third kappa shape index (κ3) is 2.10. The van der Waals surface area contributed by atoms with E-state index in [-0.39, 0.29) is 12.5 Å². The maximum absolute atomic E-state index is 11.7. The predicted molar refractivity (Wildman–Crippen MR) is 66.6 cm³/mol. The Morgan fingerprint density at radius 1 is 1.35 bits per heavy atom. The van der Waals surface area contributed by atoms with Crippen LogP contribution in [0.5, 0.6) is 0 Å². The van der Waals surface area contributed by atoms with Gasteiger partial charge in [0.25, 0.3) is 0 Å². The Morgan fingerprint density at radius 2 is 1.94 bits per heavy atom. The van der Waals surface area contributed by atoms with Crippen molar-refractivity contribution >= 4 is 9.84 Å². The van der Waals surface area contributed by atoms with Crippen molar-refractivity contribution in [3.8, 4) is 0 Å². The van der Waals surface area contributed by atoms with Crippen LogP contribution in [-0.2, 0) is 14.6 Å². The van der Waals surface area contributed by atoms with Crippen LogP contribution in [0.2, 0.25) is 0 Å². The molecule has 2 N–H and O–H groups in total. The summed E-state index contributed by atoms with van der Waals surface area (Å²) in [7, 11) is -1.63. The Balaban J connectivity index is 2.35. The summed E-state index contributed by atoms with van der Waals surface area (Å²) in [4.78, 5) is 0. The van der Waals surface area contributed by atoms with E-state index in [2.05, 4.69) is 0 Å². The molecule has 0 aliphatic heterocycles. The summed E-state index contributed by atoms with van der Waals surface area (Å²) in [6.07, 6.45) is 1.23. The summed E-state index contributed by atoms with van der Waals surface area (Å²) in [5.74, 6) is -0.168. The van der Waals surface area contributed by atoms with Crippen LogP contribution in [0.3, 0.4) is 0 Å². The average Bonchev–Trinajstić information content (AvgIpc) is 2.86. The third-order valence-electron chi connectivity index (χ3n) is 3.32. The fourth-order valence-corrected chi connectivity index (χ4v) is 4.47. The summed E-state index contributed by atoms with van der Waals surface area (Å²) in [6.45, 7) is 0.254. The SMILES string of the molecule is COC[C@]1(N)[C@H](c2ccccc2)[C@H]1S(C)(=O)=O. The topological polar surface area (TPSA) is 69.4 Å². The van der Waals surface area contributed by atoms with E-state index in [0.717, 1.165) is 5.56 Å². The van der Waals surface area contributed by atoms with E-state index in [1.165, 1.54) is 13.4 Å². The minimum Gasteiger partial charge on any atom is -0.383 e. The monoisotopic (exact) mass is 255 g/mol. The van der Waals surface area contributed by atoms with Gasteiger partial charge in [-0.15, -0.1) is 0 Å². The highest BCUT2D eigenvalue weighted by molar-refractivity contribution is 7.91. The van der Waals surface area contributed by atoms with Crippen LogP contribution in [0, 0.1) is 0 Å². The molecule has 2 rings (SSSR count). The van der Waals surface area contributed by atoms with Crippen molar-refractivity contribution in [2.75, 3.05) is 20.0 Å². The van der Waals surface area contributed by atoms with E-state index in [4.69, 9.17) is 10.5 Å². The van der Waals surface area contributed by atoms with Gasteiger partial charge in [-0.2, -0.15) is 0 Å². The lowest BCUT2D eigenvalue weighted by atomic mass is 10.1. The molecule has 17 heavy (non-hydrogen) atoms. The molecule has 0 radical (unpaired) electrons. The molecule has 4 nitrogen and oxygen atoms in total. The van der Waals surface area contributed by atoms with Gasteiger partial charge < -0.3 is 10.5 Å². The van der Waals surface area contributed by atoms with Crippen molar-refractivity contribution in [2.24, 2.45) is 5.73 Å². The Morgan fingerprint density at radius 3 is 2.41 bits per heavy atom. The van der Waals surface area contributed by atoms with Gasteiger partial charge in [-0.1, -0.05) is 30.3 Å². The molecule has 1 saturated carbocycles. The Hall–Kier alpha value is -0.910. The number of hydrogen-bond donors (Lipinski definition) is 1. The Kier molecular flexibility index (Phi) is 3.01. The second-order valence-corrected chi connectivity index (χ2v) is 6.85. The first-order valence-corrected chi connectivity index (χ1v) is 7.38. The molecule has 5 heteroatoms. The molecule has 0 heterocycles. The molecule has 3 atom stereocenters. The van der Waals surface area contributed by atoms with E-state index in [1.807, 2.05) is 30.3 Å². The highest BCUT2D eigenvalue weighted by Crippen LogP contribution is 2.53. The number of rotatable bonds is 4. The number of nitrogens with two attached hydrogens (primary N) is 1. The first-order chi connectivity index (χ1) is 7.91. The molecule has 0 bridgehead atoms. The smallest absolute Gasteiger partial charge is 0.152 e. The molecule has 1 aromatic rings. The normalized spacial score (nSPS) is 32.4. The van der Waals surface area contributed by atoms with Gasteiger partial charge in [0.2, 0.25) is 0 Å². The minimum atomic E-state index is -3.16. The quantitative estimate of drug-likeness (QED) is 0.852. The van der Waals surface area contributed by atoms with Crippen LogP contribution in [0.4, 0.5) is 0 Å². The third-order valence-corrected chi connectivity index (χ3v) is 4.95. The molecule has 1 aromatic carbocycles. The van der Waals surface area contributed by atoms with Gasteiger partial charge in [-0.3, -0.25) is 0 Å². The Bertz CT molecular complexity index is 500. The fraction of sp³-hybridized carbons (Fsp3) is 0.500. The van der Waals surface area contributed by atoms with E-state index in [1.54, 1.807) is 0 Å². The molecular formula is C12H17NO3S. The molecule has 94 valence electrons. The molecule has 0 aromatic heterocycles. The molecule has 0 amide bonds. The fourth-order valence-electron chi connectivity index (χ4n) is 2.64. The first kappa shape index (κ1) is 12.5. The van der Waals surface area contributed by atoms with E-state index in [9.17, 15) is 8.42 Å². The van der Waals surface area contributed by atoms with Crippen LogP contribution >= 0.6 is 0 Å². The first-order valence-electron chi connectivity index (χ1n) is 5.43. The highest BCUT2D eigenvalue weighted by atomic mass is 32.2. The second-order valence-electron chi connectivity index (χ2n) is 4.68. The molecule has 1 aliphatic rings. The van der Waals surface area contributed by atoms with Crippen LogP contribution in [0.25, 0.3) is 0 Å². The van der Waals surface area contributed by atoms with Gasteiger partial charge in [-0.25, -0.2) is 8.42 Å². The zero-order valence-electron chi connectivity index (χ0n) is 9.96. The van der Waals surface area contributed by atoms with Gasteiger partial charge in [0.15, 0.2) is 9.84 Å². The number of ether oxygens (including phenoxy) is 1. The van der Waals surface area contributed by atoms with Gasteiger partial charge in [0.05, 0.1) is 17.4 Å². The number of sulfone groups is 1. The summed E-state index contributed by atoms with van der Waals surface area (Å²) in [5.41, 5.74) is 6.33. The van der Waals surface area contributed by atoms with Crippen LogP contribution < -0.4 is 5.73 Å². The molecule has 0 spiro atoms. The number of methoxy groups -OCH3 is 1. The summed E-state index contributed by atoms with van der Waals surface area (Å²) < 4.78 is 28.5. The van der Waals surface area contributed by atoms with Crippen molar-refractivity contribution < 1.29 is 13.2 Å². The van der Waals surface area contributed by atoms with Gasteiger partial charge in [0.1, 0.15) is 0 Å². The van der Waals surface area contributed by atoms with Crippen molar-refractivity contribution in [3.63, 3.8) is 0 Å². The lowest BCUT2D eigenvalue weighted by Crippen LogP contribution is -2.35. The summed E-state index contributed by atoms with van der Waals surface area (Å²) in [6, 6.07) is 9.50. The summed E-state index contributed by atoms with van der Waals surface area (Å²) >= 11 is 0. The molecule has 0 saturated heterocycles. The van der Waals surface area contributed by atoms with Crippen LogP contribution in [0.1, 0.15) is 11.5 Å². The molecular weight excluding hydrogens is 238 g/mol. The average molecular weight is 255 g/mol. The van der Waals surface area contributed by atoms with Crippen molar-refractivity contribution in [1.82, 2.24) is 0 Å². The minimum absolute atomic E-state index is 0.168. The maximum atomic E-state index is 11.7. The molecule has 1 aliphatic carbocycles. The maximum Gasteiger partial charge on any atom is 0.152 e. The van der Waals surface area contributed by atoms with Gasteiger partial charge in [0, 0.05) is 19.3 Å². The Labute approximate surface area is 102 Å². The van der Waals surface area contributed by atoms with E-state index >= 15 is 0 Å². The van der Waals surface area contributed by atoms with Gasteiger partial charge in [-0.05, 0) is 5.56 Å². The molecule has 1 fully saturated rings. The standard InChI is InChI=1S/C12H17NO3S/c1-16-8-12(13)10(11(12)17(2,14)15)9-6-4-3-5-7-9/h3-7,10-11H,8,13H2,1-2H3/t10-,11-,12+/m1/s1. The highest BCUT2D eigenvalue weighted by Gasteiger charge is 2.67. The van der Waals surface area contributed by atoms with E-state index in [0.29, 0.717) is 0 Å². The van der Waals surface area contributed by atoms with Crippen molar-refractivity contribution in [3.05, 3.63) is 35.9 Å². The zero-order valence-corrected chi connectivity index (χ0v) is 10.8.